The van der Waals surface area contributed by atoms with Crippen LogP contribution in [0.1, 0.15) is 5.69 Å². The second-order valence-electron chi connectivity index (χ2n) is 3.48. The van der Waals surface area contributed by atoms with E-state index in [-0.39, 0.29) is 0 Å². The maximum Gasteiger partial charge on any atom is 0.0947 e. The molecule has 1 aromatic heterocycles. The van der Waals surface area contributed by atoms with Gasteiger partial charge in [0.25, 0.3) is 0 Å². The Hall–Kier alpha value is -1.19. The molecular weight excluding hydrogens is 245 g/mol. The Kier molecular flexibility index (Phi) is 3.36. The van der Waals surface area contributed by atoms with Crippen LogP contribution in [0.4, 0.5) is 5.69 Å². The third-order valence-corrected chi connectivity index (χ3v) is 2.80. The number of aryl methyl sites for hydroxylation is 1. The van der Waals surface area contributed by atoms with Gasteiger partial charge in [0.2, 0.25) is 0 Å². The zero-order chi connectivity index (χ0) is 11.5. The zero-order valence-electron chi connectivity index (χ0n) is 8.74. The number of halogens is 2. The fourth-order valence-corrected chi connectivity index (χ4v) is 1.93. The minimum absolute atomic E-state index is 0.601. The molecule has 0 fully saturated rings. The second-order valence-corrected chi connectivity index (χ2v) is 4.30. The van der Waals surface area contributed by atoms with E-state index in [1.807, 2.05) is 23.9 Å². The lowest BCUT2D eigenvalue weighted by atomic mass is 10.3. The average Bonchev–Trinajstić information content (AvgIpc) is 2.63. The van der Waals surface area contributed by atoms with Crippen molar-refractivity contribution in [1.82, 2.24) is 9.55 Å². The summed E-state index contributed by atoms with van der Waals surface area (Å²) in [6.45, 7) is 0.601. The smallest absolute Gasteiger partial charge is 0.0947 e. The Morgan fingerprint density at radius 3 is 2.56 bits per heavy atom. The van der Waals surface area contributed by atoms with Crippen molar-refractivity contribution in [3.63, 3.8) is 0 Å². The molecular formula is C11H11Cl2N3. The van der Waals surface area contributed by atoms with Crippen molar-refractivity contribution in [2.75, 3.05) is 5.32 Å². The molecule has 2 rings (SSSR count). The van der Waals surface area contributed by atoms with E-state index in [1.54, 1.807) is 18.5 Å². The minimum atomic E-state index is 0.601. The first-order chi connectivity index (χ1) is 7.66. The Morgan fingerprint density at radius 2 is 2.00 bits per heavy atom. The molecule has 1 N–H and O–H groups in total. The lowest BCUT2D eigenvalue weighted by Crippen LogP contribution is -2.00. The first-order valence-corrected chi connectivity index (χ1v) is 5.57. The standard InChI is InChI=1S/C11H11Cl2N3/c1-16-6-8(15-7-16)5-14-11-9(12)3-2-4-10(11)13/h2-4,6-7,14H,5H2,1H3. The third kappa shape index (κ3) is 2.49. The highest BCUT2D eigenvalue weighted by molar-refractivity contribution is 6.39. The molecule has 3 nitrogen and oxygen atoms in total. The molecule has 0 aliphatic heterocycles. The Morgan fingerprint density at radius 1 is 1.31 bits per heavy atom. The van der Waals surface area contributed by atoms with Gasteiger partial charge in [-0.2, -0.15) is 0 Å². The van der Waals surface area contributed by atoms with Crippen molar-refractivity contribution in [2.45, 2.75) is 6.54 Å². The Labute approximate surface area is 104 Å². The molecule has 1 aromatic carbocycles. The summed E-state index contributed by atoms with van der Waals surface area (Å²) in [7, 11) is 1.93. The van der Waals surface area contributed by atoms with Gasteiger partial charge in [0.05, 0.1) is 34.3 Å². The number of hydrogen-bond acceptors (Lipinski definition) is 2. The summed E-state index contributed by atoms with van der Waals surface area (Å²) in [5, 5.41) is 4.40. The van der Waals surface area contributed by atoms with Crippen molar-refractivity contribution in [1.29, 1.82) is 0 Å². The van der Waals surface area contributed by atoms with Crippen molar-refractivity contribution in [2.24, 2.45) is 7.05 Å². The molecule has 0 radical (unpaired) electrons. The van der Waals surface area contributed by atoms with E-state index in [4.69, 9.17) is 23.2 Å². The maximum atomic E-state index is 6.03. The summed E-state index contributed by atoms with van der Waals surface area (Å²) in [5.74, 6) is 0. The van der Waals surface area contributed by atoms with Crippen LogP contribution in [0.5, 0.6) is 0 Å². The lowest BCUT2D eigenvalue weighted by Gasteiger charge is -2.08. The van der Waals surface area contributed by atoms with Crippen LogP contribution in [0.3, 0.4) is 0 Å². The topological polar surface area (TPSA) is 29.9 Å². The molecule has 0 saturated heterocycles. The molecule has 84 valence electrons. The SMILES string of the molecule is Cn1cnc(CNc2c(Cl)cccc2Cl)c1. The van der Waals surface area contributed by atoms with Gasteiger partial charge in [-0.15, -0.1) is 0 Å². The number of para-hydroxylation sites is 1. The number of rotatable bonds is 3. The molecule has 0 bridgehead atoms. The summed E-state index contributed by atoms with van der Waals surface area (Å²) >= 11 is 12.1. The molecule has 0 atom stereocenters. The fourth-order valence-electron chi connectivity index (χ4n) is 1.40. The van der Waals surface area contributed by atoms with E-state index >= 15 is 0 Å². The fraction of sp³-hybridized carbons (Fsp3) is 0.182. The van der Waals surface area contributed by atoms with Gasteiger partial charge in [0.15, 0.2) is 0 Å². The van der Waals surface area contributed by atoms with E-state index < -0.39 is 0 Å². The van der Waals surface area contributed by atoms with Crippen LogP contribution < -0.4 is 5.32 Å². The minimum Gasteiger partial charge on any atom is -0.377 e. The third-order valence-electron chi connectivity index (χ3n) is 2.17. The van der Waals surface area contributed by atoms with Crippen LogP contribution in [0.15, 0.2) is 30.7 Å². The Balaban J connectivity index is 2.10. The maximum absolute atomic E-state index is 6.03. The van der Waals surface area contributed by atoms with E-state index in [2.05, 4.69) is 10.3 Å². The van der Waals surface area contributed by atoms with E-state index in [0.29, 0.717) is 16.6 Å². The van der Waals surface area contributed by atoms with Crippen LogP contribution in [-0.2, 0) is 13.6 Å². The van der Waals surface area contributed by atoms with Gasteiger partial charge in [0, 0.05) is 13.2 Å². The lowest BCUT2D eigenvalue weighted by molar-refractivity contribution is 0.912. The number of anilines is 1. The van der Waals surface area contributed by atoms with Gasteiger partial charge < -0.3 is 9.88 Å². The molecule has 2 aromatic rings. The highest BCUT2D eigenvalue weighted by Gasteiger charge is 2.05. The zero-order valence-corrected chi connectivity index (χ0v) is 10.3. The molecule has 0 amide bonds. The van der Waals surface area contributed by atoms with Gasteiger partial charge in [-0.3, -0.25) is 0 Å². The van der Waals surface area contributed by atoms with Crippen LogP contribution >= 0.6 is 23.2 Å². The summed E-state index contributed by atoms with van der Waals surface area (Å²) in [4.78, 5) is 4.20. The first-order valence-electron chi connectivity index (χ1n) is 4.81. The predicted octanol–water partition coefficient (Wildman–Crippen LogP) is 3.34. The summed E-state index contributed by atoms with van der Waals surface area (Å²) in [6, 6.07) is 5.42. The molecule has 0 aliphatic rings. The quantitative estimate of drug-likeness (QED) is 0.912. The largest absolute Gasteiger partial charge is 0.377 e. The number of nitrogens with one attached hydrogen (secondary N) is 1. The molecule has 0 aliphatic carbocycles. The van der Waals surface area contributed by atoms with E-state index in [0.717, 1.165) is 11.4 Å². The van der Waals surface area contributed by atoms with Gasteiger partial charge in [0.1, 0.15) is 0 Å². The first kappa shape index (κ1) is 11.3. The number of imidazole rings is 1. The number of hydrogen-bond donors (Lipinski definition) is 1. The highest BCUT2D eigenvalue weighted by atomic mass is 35.5. The van der Waals surface area contributed by atoms with E-state index in [9.17, 15) is 0 Å². The molecule has 16 heavy (non-hydrogen) atoms. The number of aromatic nitrogens is 2. The average molecular weight is 256 g/mol. The van der Waals surface area contributed by atoms with Crippen LogP contribution in [0, 0.1) is 0 Å². The number of nitrogens with zero attached hydrogens (tertiary/aromatic N) is 2. The monoisotopic (exact) mass is 255 g/mol. The summed E-state index contributed by atoms with van der Waals surface area (Å²) in [6.07, 6.45) is 3.70. The molecule has 0 spiro atoms. The molecule has 0 saturated carbocycles. The second kappa shape index (κ2) is 4.76. The Bertz CT molecular complexity index is 473. The van der Waals surface area contributed by atoms with Gasteiger partial charge in [-0.25, -0.2) is 4.98 Å². The van der Waals surface area contributed by atoms with Crippen LogP contribution in [0.2, 0.25) is 10.0 Å². The van der Waals surface area contributed by atoms with Crippen LogP contribution in [0.25, 0.3) is 0 Å². The van der Waals surface area contributed by atoms with Crippen molar-refractivity contribution < 1.29 is 0 Å². The van der Waals surface area contributed by atoms with Crippen molar-refractivity contribution in [3.05, 3.63) is 46.5 Å². The van der Waals surface area contributed by atoms with Gasteiger partial charge in [-0.1, -0.05) is 29.3 Å². The van der Waals surface area contributed by atoms with Crippen molar-refractivity contribution in [3.8, 4) is 0 Å². The summed E-state index contributed by atoms with van der Waals surface area (Å²) < 4.78 is 1.89. The molecule has 5 heteroatoms. The molecule has 0 unspecified atom stereocenters. The molecule has 1 heterocycles. The van der Waals surface area contributed by atoms with E-state index in [1.165, 1.54) is 0 Å². The van der Waals surface area contributed by atoms with Crippen LogP contribution in [-0.4, -0.2) is 9.55 Å². The number of benzene rings is 1. The normalized spacial score (nSPS) is 10.4. The predicted molar refractivity (Wildman–Crippen MR) is 67.0 cm³/mol. The van der Waals surface area contributed by atoms with Gasteiger partial charge in [-0.05, 0) is 12.1 Å². The highest BCUT2D eigenvalue weighted by Crippen LogP contribution is 2.29. The summed E-state index contributed by atoms with van der Waals surface area (Å²) in [5.41, 5.74) is 1.69. The van der Waals surface area contributed by atoms with Gasteiger partial charge >= 0.3 is 0 Å². The van der Waals surface area contributed by atoms with Crippen molar-refractivity contribution >= 4 is 28.9 Å².